The molecule has 9 heteroatoms. The number of rotatable bonds is 7. The van der Waals surface area contributed by atoms with Gasteiger partial charge in [-0.1, -0.05) is 18.5 Å². The van der Waals surface area contributed by atoms with Gasteiger partial charge in [0.15, 0.2) is 15.6 Å². The lowest BCUT2D eigenvalue weighted by Gasteiger charge is -2.09. The average Bonchev–Trinajstić information content (AvgIpc) is 3.19. The van der Waals surface area contributed by atoms with Crippen molar-refractivity contribution in [2.24, 2.45) is 0 Å². The van der Waals surface area contributed by atoms with Crippen LogP contribution < -0.4 is 10.1 Å². The Labute approximate surface area is 179 Å². The zero-order valence-corrected chi connectivity index (χ0v) is 17.9. The highest BCUT2D eigenvalue weighted by molar-refractivity contribution is 7.91. The van der Waals surface area contributed by atoms with Crippen molar-refractivity contribution in [1.82, 2.24) is 0 Å². The molecule has 0 aliphatic rings. The number of nitrogens with one attached hydrogen (secondary N) is 1. The van der Waals surface area contributed by atoms with Crippen molar-refractivity contribution in [2.75, 3.05) is 11.1 Å². The lowest BCUT2D eigenvalue weighted by molar-refractivity contribution is 0.0992. The molecular weight excluding hydrogens is 430 g/mol. The molecule has 0 atom stereocenters. The summed E-state index contributed by atoms with van der Waals surface area (Å²) in [5.74, 6) is 0.0258. The van der Waals surface area contributed by atoms with Gasteiger partial charge in [0.2, 0.25) is 0 Å². The van der Waals surface area contributed by atoms with E-state index in [4.69, 9.17) is 20.8 Å². The molecule has 1 aromatic heterocycles. The number of hydrogen-bond donors (Lipinski definition) is 2. The molecule has 0 radical (unpaired) electrons. The number of anilines is 1. The van der Waals surface area contributed by atoms with E-state index < -0.39 is 15.7 Å². The monoisotopic (exact) mass is 449 g/mol. The third-order valence-electron chi connectivity index (χ3n) is 4.35. The van der Waals surface area contributed by atoms with E-state index in [9.17, 15) is 18.3 Å². The number of phenolic OH excluding ortho intramolecular Hbond substituents is 1. The number of halogens is 1. The Kier molecular flexibility index (Phi) is 6.38. The fraction of sp³-hybridized carbons (Fsp3) is 0.190. The molecule has 0 unspecified atom stereocenters. The molecular formula is C21H20ClNO6S. The number of furan rings is 1. The molecule has 3 aromatic rings. The summed E-state index contributed by atoms with van der Waals surface area (Å²) in [5.41, 5.74) is 0.848. The molecule has 2 aromatic carbocycles. The van der Waals surface area contributed by atoms with Gasteiger partial charge in [-0.05, 0) is 61.0 Å². The summed E-state index contributed by atoms with van der Waals surface area (Å²) in [6.07, 6.45) is 0. The normalized spacial score (nSPS) is 11.3. The maximum absolute atomic E-state index is 12.4. The predicted octanol–water partition coefficient (Wildman–Crippen LogP) is 4.57. The number of aromatic hydroxyl groups is 1. The Morgan fingerprint density at radius 3 is 2.63 bits per heavy atom. The number of sulfone groups is 1. The molecule has 158 valence electrons. The SMILES string of the molecule is CCS(=O)(=O)c1ccc(O)c(NC(=O)c2ccc(COc3ccc(Cl)c(C)c3)o2)c1. The van der Waals surface area contributed by atoms with Crippen LogP contribution >= 0.6 is 11.6 Å². The summed E-state index contributed by atoms with van der Waals surface area (Å²) in [6.45, 7) is 3.47. The van der Waals surface area contributed by atoms with E-state index in [1.54, 1.807) is 24.3 Å². The van der Waals surface area contributed by atoms with Crippen LogP contribution in [0, 0.1) is 6.92 Å². The minimum absolute atomic E-state index is 0.00453. The smallest absolute Gasteiger partial charge is 0.291 e. The van der Waals surface area contributed by atoms with Crippen molar-refractivity contribution < 1.29 is 27.5 Å². The van der Waals surface area contributed by atoms with Crippen LogP contribution in [0.25, 0.3) is 0 Å². The first-order valence-corrected chi connectivity index (χ1v) is 11.1. The first-order valence-electron chi connectivity index (χ1n) is 9.04. The Morgan fingerprint density at radius 1 is 1.17 bits per heavy atom. The van der Waals surface area contributed by atoms with Crippen molar-refractivity contribution in [3.8, 4) is 11.5 Å². The number of amides is 1. The Bertz CT molecular complexity index is 1190. The lowest BCUT2D eigenvalue weighted by Crippen LogP contribution is -2.12. The molecule has 0 spiro atoms. The van der Waals surface area contributed by atoms with Crippen LogP contribution in [0.1, 0.15) is 28.8 Å². The summed E-state index contributed by atoms with van der Waals surface area (Å²) in [5, 5.41) is 13.1. The Hall–Kier alpha value is -2.97. The van der Waals surface area contributed by atoms with Crippen molar-refractivity contribution in [2.45, 2.75) is 25.3 Å². The van der Waals surface area contributed by atoms with Gasteiger partial charge in [0.25, 0.3) is 5.91 Å². The maximum atomic E-state index is 12.4. The van der Waals surface area contributed by atoms with Gasteiger partial charge >= 0.3 is 0 Å². The van der Waals surface area contributed by atoms with Crippen molar-refractivity contribution in [3.63, 3.8) is 0 Å². The highest BCUT2D eigenvalue weighted by Crippen LogP contribution is 2.28. The average molecular weight is 450 g/mol. The molecule has 0 aliphatic carbocycles. The van der Waals surface area contributed by atoms with Crippen LogP contribution in [-0.4, -0.2) is 25.2 Å². The lowest BCUT2D eigenvalue weighted by atomic mass is 10.2. The van der Waals surface area contributed by atoms with Crippen LogP contribution in [-0.2, 0) is 16.4 Å². The van der Waals surface area contributed by atoms with E-state index in [0.29, 0.717) is 16.5 Å². The molecule has 0 saturated heterocycles. The molecule has 1 amide bonds. The molecule has 0 aliphatic heterocycles. The standard InChI is InChI=1S/C21H20ClNO6S/c1-3-30(26,27)16-6-8-19(24)18(11-16)23-21(25)20-9-5-15(29-20)12-28-14-4-7-17(22)13(2)10-14/h4-11,24H,3,12H2,1-2H3,(H,23,25). The number of aryl methyl sites for hydroxylation is 1. The minimum atomic E-state index is -3.48. The third-order valence-corrected chi connectivity index (χ3v) is 6.51. The third kappa shape index (κ3) is 4.95. The van der Waals surface area contributed by atoms with E-state index >= 15 is 0 Å². The molecule has 0 bridgehead atoms. The summed E-state index contributed by atoms with van der Waals surface area (Å²) < 4.78 is 35.2. The molecule has 30 heavy (non-hydrogen) atoms. The van der Waals surface area contributed by atoms with Crippen molar-refractivity contribution >= 4 is 33.0 Å². The first-order chi connectivity index (χ1) is 14.2. The zero-order chi connectivity index (χ0) is 21.9. The van der Waals surface area contributed by atoms with Crippen LogP contribution in [0.15, 0.2) is 57.8 Å². The topological polar surface area (TPSA) is 106 Å². The number of benzene rings is 2. The zero-order valence-electron chi connectivity index (χ0n) is 16.3. The van der Waals surface area contributed by atoms with Crippen LogP contribution in [0.3, 0.4) is 0 Å². The number of phenols is 1. The fourth-order valence-electron chi connectivity index (χ4n) is 2.60. The number of carbonyl (C=O) groups is 1. The largest absolute Gasteiger partial charge is 0.506 e. The van der Waals surface area contributed by atoms with Gasteiger partial charge in [-0.15, -0.1) is 0 Å². The van der Waals surface area contributed by atoms with Crippen LogP contribution in [0.4, 0.5) is 5.69 Å². The van der Waals surface area contributed by atoms with Gasteiger partial charge in [-0.3, -0.25) is 4.79 Å². The highest BCUT2D eigenvalue weighted by atomic mass is 35.5. The Morgan fingerprint density at radius 2 is 1.93 bits per heavy atom. The molecule has 7 nitrogen and oxygen atoms in total. The second kappa shape index (κ2) is 8.81. The van der Waals surface area contributed by atoms with E-state index in [1.807, 2.05) is 6.92 Å². The molecule has 1 heterocycles. The predicted molar refractivity (Wildman–Crippen MR) is 113 cm³/mol. The van der Waals surface area contributed by atoms with Gasteiger partial charge in [-0.25, -0.2) is 8.42 Å². The summed E-state index contributed by atoms with van der Waals surface area (Å²) in [4.78, 5) is 12.5. The minimum Gasteiger partial charge on any atom is -0.506 e. The number of ether oxygens (including phenoxy) is 1. The molecule has 2 N–H and O–H groups in total. The fourth-order valence-corrected chi connectivity index (χ4v) is 3.62. The van der Waals surface area contributed by atoms with Crippen LogP contribution in [0.2, 0.25) is 5.02 Å². The van der Waals surface area contributed by atoms with Crippen molar-refractivity contribution in [1.29, 1.82) is 0 Å². The second-order valence-electron chi connectivity index (χ2n) is 6.50. The summed E-state index contributed by atoms with van der Waals surface area (Å²) in [6, 6.07) is 12.0. The highest BCUT2D eigenvalue weighted by Gasteiger charge is 2.17. The quantitative estimate of drug-likeness (QED) is 0.512. The van der Waals surface area contributed by atoms with E-state index in [2.05, 4.69) is 5.32 Å². The van der Waals surface area contributed by atoms with E-state index in [0.717, 1.165) is 5.56 Å². The first kappa shape index (κ1) is 21.7. The van der Waals surface area contributed by atoms with Gasteiger partial charge in [0.1, 0.15) is 23.9 Å². The molecule has 3 rings (SSSR count). The van der Waals surface area contributed by atoms with Crippen molar-refractivity contribution in [3.05, 3.63) is 70.6 Å². The Balaban J connectivity index is 1.69. The molecule has 0 saturated carbocycles. The van der Waals surface area contributed by atoms with Gasteiger partial charge in [-0.2, -0.15) is 0 Å². The summed E-state index contributed by atoms with van der Waals surface area (Å²) >= 11 is 5.99. The van der Waals surface area contributed by atoms with Gasteiger partial charge in [0, 0.05) is 5.02 Å². The van der Waals surface area contributed by atoms with Gasteiger partial charge < -0.3 is 19.6 Å². The van der Waals surface area contributed by atoms with Crippen LogP contribution in [0.5, 0.6) is 11.5 Å². The molecule has 0 fully saturated rings. The summed E-state index contributed by atoms with van der Waals surface area (Å²) in [7, 11) is -3.48. The number of carbonyl (C=O) groups excluding carboxylic acids is 1. The second-order valence-corrected chi connectivity index (χ2v) is 9.19. The van der Waals surface area contributed by atoms with E-state index in [1.165, 1.54) is 31.2 Å². The number of hydrogen-bond acceptors (Lipinski definition) is 6. The van der Waals surface area contributed by atoms with Gasteiger partial charge in [0.05, 0.1) is 16.3 Å². The van der Waals surface area contributed by atoms with E-state index in [-0.39, 0.29) is 34.5 Å². The maximum Gasteiger partial charge on any atom is 0.291 e.